The van der Waals surface area contributed by atoms with Gasteiger partial charge in [-0.05, 0) is 61.9 Å². The van der Waals surface area contributed by atoms with Crippen LogP contribution in [0.3, 0.4) is 0 Å². The molecular formula is C18H28NOS4Tc. The average molecular weight is 501 g/mol. The predicted octanol–water partition coefficient (Wildman–Crippen LogP) is 3.18. The SMILES string of the molecule is [O]=[Tc+3].[S-]CCN1CCC(Cc2ccccc2)CC1.[S-]CCSCC[S-]. The van der Waals surface area contributed by atoms with Gasteiger partial charge in [-0.2, -0.15) is 29.0 Å². The third-order valence-corrected chi connectivity index (χ3v) is 6.03. The summed E-state index contributed by atoms with van der Waals surface area (Å²) < 4.78 is 8.22. The van der Waals surface area contributed by atoms with E-state index in [-0.39, 0.29) is 0 Å². The summed E-state index contributed by atoms with van der Waals surface area (Å²) in [6, 6.07) is 10.9. The van der Waals surface area contributed by atoms with Crippen molar-refractivity contribution < 1.29 is 22.4 Å². The zero-order valence-electron chi connectivity index (χ0n) is 14.6. The number of likely N-dealkylation sites (tertiary alicyclic amines) is 1. The molecule has 2 nitrogen and oxygen atoms in total. The summed E-state index contributed by atoms with van der Waals surface area (Å²) in [5.41, 5.74) is 1.49. The Morgan fingerprint density at radius 3 is 2.00 bits per heavy atom. The summed E-state index contributed by atoms with van der Waals surface area (Å²) >= 11 is 17.2. The fraction of sp³-hybridized carbons (Fsp3) is 0.667. The van der Waals surface area contributed by atoms with Gasteiger partial charge in [0.25, 0.3) is 0 Å². The van der Waals surface area contributed by atoms with Crippen LogP contribution in [0.1, 0.15) is 18.4 Å². The molecule has 0 aromatic heterocycles. The van der Waals surface area contributed by atoms with Crippen LogP contribution in [-0.2, 0) is 66.7 Å². The van der Waals surface area contributed by atoms with Crippen molar-refractivity contribution in [2.45, 2.75) is 19.3 Å². The third kappa shape index (κ3) is 14.7. The van der Waals surface area contributed by atoms with Crippen LogP contribution in [0.25, 0.3) is 0 Å². The van der Waals surface area contributed by atoms with Gasteiger partial charge in [-0.15, -0.1) is 0 Å². The number of hydrogen-bond acceptors (Lipinski definition) is 6. The maximum absolute atomic E-state index is 8.22. The van der Waals surface area contributed by atoms with Crippen molar-refractivity contribution in [3.63, 3.8) is 0 Å². The van der Waals surface area contributed by atoms with Gasteiger partial charge in [-0.3, -0.25) is 0 Å². The maximum Gasteiger partial charge on any atom is -0.00167 e. The molecule has 1 heterocycles. The summed E-state index contributed by atoms with van der Waals surface area (Å²) in [4.78, 5) is 2.51. The van der Waals surface area contributed by atoms with E-state index in [1.165, 1.54) is 37.9 Å². The molecule has 0 aliphatic carbocycles. The monoisotopic (exact) mass is 499 g/mol. The molecule has 1 saturated heterocycles. The Bertz CT molecular complexity index is 388. The molecule has 1 aromatic carbocycles. The zero-order valence-corrected chi connectivity index (χ0v) is 19.7. The molecule has 142 valence electrons. The van der Waals surface area contributed by atoms with E-state index in [2.05, 4.69) is 35.2 Å². The molecule has 0 N–H and O–H groups in total. The number of nitrogens with zero attached hydrogens (tertiary/aromatic N) is 1. The molecule has 0 unspecified atom stereocenters. The zero-order chi connectivity index (χ0) is 18.8. The first-order chi connectivity index (χ1) is 12.3. The van der Waals surface area contributed by atoms with Gasteiger partial charge in [0.15, 0.2) is 0 Å². The van der Waals surface area contributed by atoms with E-state index in [9.17, 15) is 0 Å². The Hall–Kier alpha value is 1.03. The molecule has 1 aliphatic rings. The van der Waals surface area contributed by atoms with Gasteiger partial charge in [-0.25, -0.2) is 0 Å². The molecule has 0 atom stereocenters. The molecule has 1 aliphatic heterocycles. The molecular weight excluding hydrogens is 472 g/mol. The molecule has 1 fully saturated rings. The first-order valence-electron chi connectivity index (χ1n) is 8.54. The van der Waals surface area contributed by atoms with E-state index in [4.69, 9.17) is 41.4 Å². The van der Waals surface area contributed by atoms with Crippen LogP contribution < -0.4 is 0 Å². The standard InChI is InChI=1S/C14H21NS.C4H10S3.O.Tc/c16-11-10-15-8-6-14(7-9-15)12-13-4-2-1-3-5-13;5-1-3-7-4-2-6;;/h1-5,14,16H,6-12H2;5-6H,1-4H2;;/q;;;+3/p-3. The first-order valence-corrected chi connectivity index (χ1v) is 12.2. The van der Waals surface area contributed by atoms with Crippen LogP contribution in [0, 0.1) is 5.92 Å². The van der Waals surface area contributed by atoms with E-state index in [1.54, 1.807) is 0 Å². The Morgan fingerprint density at radius 1 is 0.960 bits per heavy atom. The summed E-state index contributed by atoms with van der Waals surface area (Å²) in [6.07, 6.45) is 3.93. The molecule has 25 heavy (non-hydrogen) atoms. The van der Waals surface area contributed by atoms with E-state index in [0.717, 1.165) is 60.1 Å². The van der Waals surface area contributed by atoms with Gasteiger partial charge in [-0.1, -0.05) is 30.3 Å². The van der Waals surface area contributed by atoms with Gasteiger partial charge in [0.2, 0.25) is 0 Å². The number of benzene rings is 1. The second-order valence-corrected chi connectivity index (χ2v) is 8.15. The Balaban J connectivity index is 0.000000544. The molecule has 0 radical (unpaired) electrons. The van der Waals surface area contributed by atoms with Crippen molar-refractivity contribution >= 4 is 49.6 Å². The summed E-state index contributed by atoms with van der Waals surface area (Å²) in [6.45, 7) is 3.59. The van der Waals surface area contributed by atoms with Gasteiger partial charge in [0, 0.05) is 0 Å². The second kappa shape index (κ2) is 19.8. The van der Waals surface area contributed by atoms with E-state index >= 15 is 0 Å². The Labute approximate surface area is 185 Å². The minimum atomic E-state index is 0.861. The molecule has 0 amide bonds. The van der Waals surface area contributed by atoms with Crippen molar-refractivity contribution in [2.24, 2.45) is 5.92 Å². The largest absolute Gasteiger partial charge is 0.792 e. The average Bonchev–Trinajstić information content (AvgIpc) is 2.67. The van der Waals surface area contributed by atoms with Gasteiger partial charge >= 0.3 is 22.4 Å². The molecule has 0 bridgehead atoms. The number of piperidine rings is 1. The van der Waals surface area contributed by atoms with Gasteiger partial charge in [0.1, 0.15) is 0 Å². The Morgan fingerprint density at radius 2 is 1.52 bits per heavy atom. The summed E-state index contributed by atoms with van der Waals surface area (Å²) in [5.74, 6) is 5.66. The van der Waals surface area contributed by atoms with Crippen LogP contribution in [0.2, 0.25) is 0 Å². The topological polar surface area (TPSA) is 20.3 Å². The minimum Gasteiger partial charge on any atom is -0.792 e. The van der Waals surface area contributed by atoms with Crippen molar-refractivity contribution in [3.05, 3.63) is 35.9 Å². The smallest absolute Gasteiger partial charge is 0.00167 e. The van der Waals surface area contributed by atoms with E-state index in [0.29, 0.717) is 0 Å². The quantitative estimate of drug-likeness (QED) is 0.401. The second-order valence-electron chi connectivity index (χ2n) is 5.70. The molecule has 7 heteroatoms. The fourth-order valence-corrected chi connectivity index (χ4v) is 4.12. The first kappa shape index (κ1) is 26.0. The van der Waals surface area contributed by atoms with Crippen molar-refractivity contribution in [2.75, 3.05) is 48.4 Å². The minimum absolute atomic E-state index is 0.861. The summed E-state index contributed by atoms with van der Waals surface area (Å²) in [5, 5.41) is 0. The van der Waals surface area contributed by atoms with Crippen molar-refractivity contribution in [1.29, 1.82) is 0 Å². The van der Waals surface area contributed by atoms with Crippen LogP contribution in [0.15, 0.2) is 30.3 Å². The number of thioether (sulfide) groups is 1. The number of rotatable bonds is 8. The molecule has 0 spiro atoms. The van der Waals surface area contributed by atoms with Crippen LogP contribution in [0.5, 0.6) is 0 Å². The van der Waals surface area contributed by atoms with Crippen molar-refractivity contribution in [1.82, 2.24) is 4.90 Å². The number of hydrogen-bond donors (Lipinski definition) is 0. The molecule has 1 aromatic rings. The predicted molar refractivity (Wildman–Crippen MR) is 114 cm³/mol. The van der Waals surface area contributed by atoms with Crippen molar-refractivity contribution in [3.8, 4) is 0 Å². The molecule has 2 rings (SSSR count). The fourth-order valence-electron chi connectivity index (χ4n) is 2.71. The van der Waals surface area contributed by atoms with Gasteiger partial charge < -0.3 is 42.8 Å². The van der Waals surface area contributed by atoms with E-state index in [1.807, 2.05) is 11.8 Å². The van der Waals surface area contributed by atoms with Gasteiger partial charge in [0.05, 0.1) is 0 Å². The third-order valence-electron chi connectivity index (χ3n) is 3.94. The summed E-state index contributed by atoms with van der Waals surface area (Å²) in [7, 11) is 0. The van der Waals surface area contributed by atoms with Crippen LogP contribution in [0.4, 0.5) is 0 Å². The molecule has 0 saturated carbocycles. The van der Waals surface area contributed by atoms with E-state index < -0.39 is 0 Å². The van der Waals surface area contributed by atoms with Crippen LogP contribution >= 0.6 is 11.8 Å². The van der Waals surface area contributed by atoms with Crippen LogP contribution in [-0.4, -0.2) is 53.3 Å². The Kier molecular flexibility index (Phi) is 20.6. The maximum atomic E-state index is 8.22. The normalized spacial score (nSPS) is 14.8.